The van der Waals surface area contributed by atoms with Gasteiger partial charge in [-0.25, -0.2) is 4.99 Å². The summed E-state index contributed by atoms with van der Waals surface area (Å²) in [6.07, 6.45) is -1.03. The third-order valence-electron chi connectivity index (χ3n) is 4.98. The van der Waals surface area contributed by atoms with E-state index in [4.69, 9.17) is 9.47 Å². The van der Waals surface area contributed by atoms with Crippen molar-refractivity contribution in [1.29, 1.82) is 0 Å². The fraction of sp³-hybridized carbons (Fsp3) is 0.636. The molecule has 0 radical (unpaired) electrons. The predicted octanol–water partition coefficient (Wildman–Crippen LogP) is 3.94. The van der Waals surface area contributed by atoms with E-state index >= 15 is 0 Å². The lowest BCUT2D eigenvalue weighted by atomic mass is 9.86. The quantitative estimate of drug-likeness (QED) is 0.344. The number of nitrogens with zero attached hydrogens (tertiary/aromatic N) is 1. The summed E-state index contributed by atoms with van der Waals surface area (Å²) in [5.41, 5.74) is 1.56. The lowest BCUT2D eigenvalue weighted by Crippen LogP contribution is -2.45. The van der Waals surface area contributed by atoms with Crippen molar-refractivity contribution in [2.45, 2.75) is 64.9 Å². The first-order valence-corrected chi connectivity index (χ1v) is 10.7. The zero-order valence-electron chi connectivity index (χ0n) is 18.1. The summed E-state index contributed by atoms with van der Waals surface area (Å²) in [5.74, 6) is 0.543. The number of carbonyl (C=O) groups is 1. The van der Waals surface area contributed by atoms with Gasteiger partial charge in [-0.2, -0.15) is 13.2 Å². The van der Waals surface area contributed by atoms with E-state index in [1.807, 2.05) is 19.9 Å². The van der Waals surface area contributed by atoms with Crippen molar-refractivity contribution in [2.24, 2.45) is 10.9 Å². The van der Waals surface area contributed by atoms with Gasteiger partial charge in [0.1, 0.15) is 6.61 Å². The molecule has 9 heteroatoms. The number of alkyl halides is 3. The molecule has 1 aromatic carbocycles. The maximum atomic E-state index is 12.2. The first-order valence-electron chi connectivity index (χ1n) is 10.7. The minimum Gasteiger partial charge on any atom is -0.466 e. The lowest BCUT2D eigenvalue weighted by Gasteiger charge is -2.29. The summed E-state index contributed by atoms with van der Waals surface area (Å²) in [6.45, 7) is 3.93. The van der Waals surface area contributed by atoms with Crippen LogP contribution in [0.25, 0.3) is 0 Å². The highest BCUT2D eigenvalue weighted by Crippen LogP contribution is 2.25. The van der Waals surface area contributed by atoms with Gasteiger partial charge in [-0.1, -0.05) is 24.3 Å². The molecule has 6 nitrogen and oxygen atoms in total. The molecule has 1 fully saturated rings. The van der Waals surface area contributed by atoms with Crippen molar-refractivity contribution in [3.05, 3.63) is 35.4 Å². The molecule has 0 atom stereocenters. The van der Waals surface area contributed by atoms with Crippen LogP contribution in [0.4, 0.5) is 13.2 Å². The van der Waals surface area contributed by atoms with E-state index < -0.39 is 12.8 Å². The fourth-order valence-electron chi connectivity index (χ4n) is 3.52. The van der Waals surface area contributed by atoms with Crippen LogP contribution in [0.15, 0.2) is 29.3 Å². The molecule has 1 saturated carbocycles. The number of guanidine groups is 1. The second kappa shape index (κ2) is 12.5. The van der Waals surface area contributed by atoms with Crippen LogP contribution in [0.1, 0.15) is 50.7 Å². The molecule has 1 aliphatic rings. The Hall–Kier alpha value is -2.29. The van der Waals surface area contributed by atoms with E-state index in [1.54, 1.807) is 18.2 Å². The SMILES string of the molecule is CCNC(=NCc1cccc(COCC(F)(F)F)c1)NC1CCC(C(=O)OCC)CC1. The van der Waals surface area contributed by atoms with Gasteiger partial charge in [-0.15, -0.1) is 0 Å². The fourth-order valence-corrected chi connectivity index (χ4v) is 3.52. The number of halogens is 3. The Morgan fingerprint density at radius 3 is 2.52 bits per heavy atom. The van der Waals surface area contributed by atoms with Gasteiger partial charge in [0.15, 0.2) is 5.96 Å². The van der Waals surface area contributed by atoms with Crippen LogP contribution in [-0.4, -0.2) is 43.9 Å². The second-order valence-electron chi connectivity index (χ2n) is 7.57. The molecular weight excluding hydrogens is 411 g/mol. The standard InChI is InChI=1S/C22H32F3N3O3/c1-3-26-21(28-19-10-8-18(9-11-19)20(29)31-4-2)27-13-16-6-5-7-17(12-16)14-30-15-22(23,24)25/h5-7,12,18-19H,3-4,8-11,13-15H2,1-2H3,(H2,26,27,28). The third kappa shape index (κ3) is 9.59. The normalized spacial score (nSPS) is 19.7. The number of carbonyl (C=O) groups excluding carboxylic acids is 1. The molecule has 0 aliphatic heterocycles. The van der Waals surface area contributed by atoms with Crippen molar-refractivity contribution < 1.29 is 27.4 Å². The Labute approximate surface area is 181 Å². The lowest BCUT2D eigenvalue weighted by molar-refractivity contribution is -0.176. The average molecular weight is 444 g/mol. The highest BCUT2D eigenvalue weighted by molar-refractivity contribution is 5.80. The molecule has 0 spiro atoms. The van der Waals surface area contributed by atoms with Crippen LogP contribution < -0.4 is 10.6 Å². The number of ether oxygens (including phenoxy) is 2. The second-order valence-corrected chi connectivity index (χ2v) is 7.57. The summed E-state index contributed by atoms with van der Waals surface area (Å²) in [6, 6.07) is 7.42. The molecule has 0 aromatic heterocycles. The van der Waals surface area contributed by atoms with Crippen molar-refractivity contribution >= 4 is 11.9 Å². The van der Waals surface area contributed by atoms with Crippen LogP contribution in [-0.2, 0) is 27.4 Å². The first kappa shape index (κ1) is 25.0. The summed E-state index contributed by atoms with van der Waals surface area (Å²) in [7, 11) is 0. The van der Waals surface area contributed by atoms with E-state index in [2.05, 4.69) is 15.6 Å². The monoisotopic (exact) mass is 443 g/mol. The molecule has 0 saturated heterocycles. The molecule has 0 heterocycles. The van der Waals surface area contributed by atoms with Crippen molar-refractivity contribution in [3.8, 4) is 0 Å². The summed E-state index contributed by atoms with van der Waals surface area (Å²) in [4.78, 5) is 16.5. The van der Waals surface area contributed by atoms with E-state index in [-0.39, 0.29) is 24.5 Å². The topological polar surface area (TPSA) is 72.0 Å². The molecule has 0 unspecified atom stereocenters. The number of aliphatic imine (C=N–C) groups is 1. The zero-order valence-corrected chi connectivity index (χ0v) is 18.1. The minimum absolute atomic E-state index is 0.0279. The number of rotatable bonds is 9. The van der Waals surface area contributed by atoms with E-state index in [0.29, 0.717) is 31.2 Å². The van der Waals surface area contributed by atoms with Gasteiger partial charge in [0.25, 0.3) is 0 Å². The van der Waals surface area contributed by atoms with E-state index in [1.165, 1.54) is 0 Å². The summed E-state index contributed by atoms with van der Waals surface area (Å²) >= 11 is 0. The molecular formula is C22H32F3N3O3. The van der Waals surface area contributed by atoms with Gasteiger partial charge < -0.3 is 20.1 Å². The smallest absolute Gasteiger partial charge is 0.411 e. The number of hydrogen-bond acceptors (Lipinski definition) is 4. The average Bonchev–Trinajstić information content (AvgIpc) is 2.72. The van der Waals surface area contributed by atoms with E-state index in [9.17, 15) is 18.0 Å². The molecule has 31 heavy (non-hydrogen) atoms. The first-order chi connectivity index (χ1) is 14.8. The van der Waals surface area contributed by atoms with Gasteiger partial charge in [-0.3, -0.25) is 4.79 Å². The van der Waals surface area contributed by atoms with Gasteiger partial charge >= 0.3 is 12.1 Å². The van der Waals surface area contributed by atoms with Gasteiger partial charge in [0.05, 0.1) is 25.7 Å². The van der Waals surface area contributed by atoms with E-state index in [0.717, 1.165) is 31.2 Å². The highest BCUT2D eigenvalue weighted by atomic mass is 19.4. The molecule has 174 valence electrons. The molecule has 1 aromatic rings. The molecule has 1 aliphatic carbocycles. The van der Waals surface area contributed by atoms with Gasteiger partial charge in [-0.05, 0) is 50.7 Å². The number of esters is 1. The number of hydrogen-bond donors (Lipinski definition) is 2. The maximum absolute atomic E-state index is 12.2. The Bertz CT molecular complexity index is 717. The Morgan fingerprint density at radius 2 is 1.87 bits per heavy atom. The van der Waals surface area contributed by atoms with Crippen LogP contribution >= 0.6 is 0 Å². The van der Waals surface area contributed by atoms with Crippen LogP contribution in [0.5, 0.6) is 0 Å². The van der Waals surface area contributed by atoms with Crippen LogP contribution in [0.2, 0.25) is 0 Å². The Kier molecular flexibility index (Phi) is 10.1. The Balaban J connectivity index is 1.87. The van der Waals surface area contributed by atoms with Gasteiger partial charge in [0.2, 0.25) is 0 Å². The highest BCUT2D eigenvalue weighted by Gasteiger charge is 2.28. The molecule has 2 rings (SSSR count). The van der Waals surface area contributed by atoms with Crippen molar-refractivity contribution in [2.75, 3.05) is 19.8 Å². The molecule has 0 amide bonds. The molecule has 0 bridgehead atoms. The predicted molar refractivity (Wildman–Crippen MR) is 112 cm³/mol. The third-order valence-corrected chi connectivity index (χ3v) is 4.98. The summed E-state index contributed by atoms with van der Waals surface area (Å²) in [5, 5.41) is 6.64. The number of benzene rings is 1. The Morgan fingerprint density at radius 1 is 1.16 bits per heavy atom. The van der Waals surface area contributed by atoms with Crippen LogP contribution in [0.3, 0.4) is 0 Å². The maximum Gasteiger partial charge on any atom is 0.411 e. The minimum atomic E-state index is -4.33. The molecule has 2 N–H and O–H groups in total. The van der Waals surface area contributed by atoms with Crippen molar-refractivity contribution in [1.82, 2.24) is 10.6 Å². The zero-order chi connectivity index (χ0) is 22.7. The largest absolute Gasteiger partial charge is 0.466 e. The van der Waals surface area contributed by atoms with Gasteiger partial charge in [0, 0.05) is 12.6 Å². The van der Waals surface area contributed by atoms with Crippen molar-refractivity contribution in [3.63, 3.8) is 0 Å². The summed E-state index contributed by atoms with van der Waals surface area (Å²) < 4.78 is 46.5. The number of nitrogens with one attached hydrogen (secondary N) is 2. The van der Waals surface area contributed by atoms with Crippen LogP contribution in [0, 0.1) is 5.92 Å².